The maximum absolute atomic E-state index is 14.4. The number of amides is 1. The highest BCUT2D eigenvalue weighted by atomic mass is 19.4. The maximum atomic E-state index is 14.4. The topological polar surface area (TPSA) is 83.2 Å². The molecule has 0 aliphatic carbocycles. The zero-order chi connectivity index (χ0) is 28.6. The standard InChI is InChI=1S/C28H27F4N5O3/c1-17-24(18-7-9-19(40-2)10-8-18)34-26-21(15-33-37(26)25(17)28(30,31)32)27(39)36-13-11-35(12-14-36)23(16-38)20-5-3-4-6-22(20)29/h3-10,15,23,38H,11-14,16H2,1-2H3/t23-/m1/s1. The summed E-state index contributed by atoms with van der Waals surface area (Å²) in [6, 6.07) is 12.1. The number of aliphatic hydroxyl groups is 1. The van der Waals surface area contributed by atoms with E-state index < -0.39 is 29.6 Å². The molecular weight excluding hydrogens is 530 g/mol. The number of hydrogen-bond donors (Lipinski definition) is 1. The van der Waals surface area contributed by atoms with Crippen molar-refractivity contribution in [3.63, 3.8) is 0 Å². The minimum atomic E-state index is -4.75. The largest absolute Gasteiger partial charge is 0.497 e. The van der Waals surface area contributed by atoms with Gasteiger partial charge < -0.3 is 14.7 Å². The number of ether oxygens (including phenoxy) is 1. The SMILES string of the molecule is COc1ccc(-c2nc3c(C(=O)N4CCN([C@H](CO)c5ccccc5F)CC4)cnn3c(C(F)(F)F)c2C)cc1. The van der Waals surface area contributed by atoms with Crippen molar-refractivity contribution in [1.29, 1.82) is 0 Å². The van der Waals surface area contributed by atoms with Crippen LogP contribution in [0.2, 0.25) is 0 Å². The van der Waals surface area contributed by atoms with Crippen molar-refractivity contribution < 1.29 is 32.2 Å². The number of fused-ring (bicyclic) bond motifs is 1. The van der Waals surface area contributed by atoms with Gasteiger partial charge in [-0.15, -0.1) is 0 Å². The van der Waals surface area contributed by atoms with Crippen LogP contribution in [0.15, 0.2) is 54.7 Å². The third kappa shape index (κ3) is 5.00. The fraction of sp³-hybridized carbons (Fsp3) is 0.321. The zero-order valence-electron chi connectivity index (χ0n) is 21.8. The first-order valence-electron chi connectivity index (χ1n) is 12.6. The first kappa shape index (κ1) is 27.5. The molecule has 3 heterocycles. The second kappa shape index (κ2) is 10.9. The molecule has 0 saturated carbocycles. The second-order valence-corrected chi connectivity index (χ2v) is 9.50. The maximum Gasteiger partial charge on any atom is 0.433 e. The Bertz CT molecular complexity index is 1530. The van der Waals surface area contributed by atoms with Gasteiger partial charge in [-0.05, 0) is 37.3 Å². The Morgan fingerprint density at radius 3 is 2.35 bits per heavy atom. The number of aromatic nitrogens is 3. The number of aliphatic hydroxyl groups excluding tert-OH is 1. The molecule has 0 bridgehead atoms. The van der Waals surface area contributed by atoms with Gasteiger partial charge in [-0.1, -0.05) is 18.2 Å². The summed E-state index contributed by atoms with van der Waals surface area (Å²) >= 11 is 0. The lowest BCUT2D eigenvalue weighted by Crippen LogP contribution is -2.50. The molecule has 12 heteroatoms. The summed E-state index contributed by atoms with van der Waals surface area (Å²) in [5, 5.41) is 13.9. The molecule has 1 aliphatic rings. The van der Waals surface area contributed by atoms with Gasteiger partial charge >= 0.3 is 6.18 Å². The number of carbonyl (C=O) groups is 1. The van der Waals surface area contributed by atoms with Crippen molar-refractivity contribution in [2.75, 3.05) is 39.9 Å². The normalized spacial score (nSPS) is 15.4. The third-order valence-electron chi connectivity index (χ3n) is 7.23. The Morgan fingerprint density at radius 2 is 1.75 bits per heavy atom. The predicted octanol–water partition coefficient (Wildman–Crippen LogP) is 4.36. The van der Waals surface area contributed by atoms with Crippen molar-refractivity contribution in [2.45, 2.75) is 19.1 Å². The van der Waals surface area contributed by atoms with Crippen LogP contribution in [-0.4, -0.2) is 75.3 Å². The van der Waals surface area contributed by atoms with E-state index in [1.807, 2.05) is 4.90 Å². The molecule has 1 N–H and O–H groups in total. The minimum Gasteiger partial charge on any atom is -0.497 e. The third-order valence-corrected chi connectivity index (χ3v) is 7.23. The summed E-state index contributed by atoms with van der Waals surface area (Å²) in [6.45, 7) is 2.14. The lowest BCUT2D eigenvalue weighted by molar-refractivity contribution is -0.143. The van der Waals surface area contributed by atoms with Crippen LogP contribution in [0.25, 0.3) is 16.9 Å². The van der Waals surface area contributed by atoms with E-state index in [1.165, 1.54) is 25.0 Å². The van der Waals surface area contributed by atoms with Crippen LogP contribution in [0.1, 0.15) is 33.2 Å². The average molecular weight is 558 g/mol. The van der Waals surface area contributed by atoms with Crippen LogP contribution < -0.4 is 4.74 Å². The van der Waals surface area contributed by atoms with Crippen molar-refractivity contribution >= 4 is 11.6 Å². The first-order chi connectivity index (χ1) is 19.1. The molecule has 1 fully saturated rings. The van der Waals surface area contributed by atoms with Crippen molar-refractivity contribution in [1.82, 2.24) is 24.4 Å². The second-order valence-electron chi connectivity index (χ2n) is 9.50. The van der Waals surface area contributed by atoms with Crippen LogP contribution >= 0.6 is 0 Å². The molecule has 5 rings (SSSR count). The number of alkyl halides is 3. The summed E-state index contributed by atoms with van der Waals surface area (Å²) in [4.78, 5) is 21.4. The van der Waals surface area contributed by atoms with Gasteiger partial charge in [-0.2, -0.15) is 18.3 Å². The predicted molar refractivity (Wildman–Crippen MR) is 138 cm³/mol. The Kier molecular flexibility index (Phi) is 7.47. The average Bonchev–Trinajstić information content (AvgIpc) is 3.36. The smallest absolute Gasteiger partial charge is 0.433 e. The molecule has 0 unspecified atom stereocenters. The van der Waals surface area contributed by atoms with Crippen molar-refractivity contribution in [3.8, 4) is 17.0 Å². The molecule has 2 aromatic carbocycles. The monoisotopic (exact) mass is 557 g/mol. The summed E-state index contributed by atoms with van der Waals surface area (Å²) in [6.07, 6.45) is -3.64. The van der Waals surface area contributed by atoms with Crippen LogP contribution in [0.3, 0.4) is 0 Å². The van der Waals surface area contributed by atoms with Crippen LogP contribution in [0, 0.1) is 12.7 Å². The molecular formula is C28H27F4N5O3. The molecule has 210 valence electrons. The molecule has 8 nitrogen and oxygen atoms in total. The Morgan fingerprint density at radius 1 is 1.07 bits per heavy atom. The van der Waals surface area contributed by atoms with E-state index in [0.29, 0.717) is 34.5 Å². The fourth-order valence-corrected chi connectivity index (χ4v) is 5.15. The molecule has 0 radical (unpaired) electrons. The van der Waals surface area contributed by atoms with Gasteiger partial charge in [0.05, 0.1) is 31.6 Å². The molecule has 1 aliphatic heterocycles. The lowest BCUT2D eigenvalue weighted by atomic mass is 10.0. The van der Waals surface area contributed by atoms with E-state index in [0.717, 1.165) is 6.20 Å². The van der Waals surface area contributed by atoms with Gasteiger partial charge in [0.2, 0.25) is 0 Å². The molecule has 40 heavy (non-hydrogen) atoms. The fourth-order valence-electron chi connectivity index (χ4n) is 5.15. The highest BCUT2D eigenvalue weighted by Crippen LogP contribution is 2.37. The highest BCUT2D eigenvalue weighted by Gasteiger charge is 2.39. The van der Waals surface area contributed by atoms with Crippen LogP contribution in [0.4, 0.5) is 17.6 Å². The zero-order valence-corrected chi connectivity index (χ0v) is 21.8. The molecule has 2 aromatic heterocycles. The molecule has 1 amide bonds. The number of halogens is 4. The molecule has 4 aromatic rings. The first-order valence-corrected chi connectivity index (χ1v) is 12.6. The quantitative estimate of drug-likeness (QED) is 0.355. The molecule has 0 spiro atoms. The Hall–Kier alpha value is -4.03. The minimum absolute atomic E-state index is 0.0541. The van der Waals surface area contributed by atoms with E-state index in [1.54, 1.807) is 42.5 Å². The number of nitrogens with zero attached hydrogens (tertiary/aromatic N) is 5. The van der Waals surface area contributed by atoms with Gasteiger partial charge in [0.1, 0.15) is 17.1 Å². The Balaban J connectivity index is 1.46. The van der Waals surface area contributed by atoms with Crippen LogP contribution in [0.5, 0.6) is 5.75 Å². The molecule has 1 atom stereocenters. The molecule has 1 saturated heterocycles. The summed E-state index contributed by atoms with van der Waals surface area (Å²) < 4.78 is 62.8. The summed E-state index contributed by atoms with van der Waals surface area (Å²) in [5.41, 5.74) is -0.512. The van der Waals surface area contributed by atoms with E-state index >= 15 is 0 Å². The van der Waals surface area contributed by atoms with Crippen LogP contribution in [-0.2, 0) is 6.18 Å². The van der Waals surface area contributed by atoms with E-state index in [9.17, 15) is 27.5 Å². The lowest BCUT2D eigenvalue weighted by Gasteiger charge is -2.38. The summed E-state index contributed by atoms with van der Waals surface area (Å²) in [5.74, 6) is -0.400. The summed E-state index contributed by atoms with van der Waals surface area (Å²) in [7, 11) is 1.49. The number of methoxy groups -OCH3 is 1. The van der Waals surface area contributed by atoms with E-state index in [-0.39, 0.29) is 42.2 Å². The Labute approximate surface area is 227 Å². The van der Waals surface area contributed by atoms with Gasteiger partial charge in [-0.25, -0.2) is 13.9 Å². The number of benzene rings is 2. The van der Waals surface area contributed by atoms with Gasteiger partial charge in [0.15, 0.2) is 11.3 Å². The number of carbonyl (C=O) groups excluding carboxylic acids is 1. The van der Waals surface area contributed by atoms with Gasteiger partial charge in [-0.3, -0.25) is 9.69 Å². The van der Waals surface area contributed by atoms with Gasteiger partial charge in [0.25, 0.3) is 5.91 Å². The number of rotatable bonds is 6. The number of piperazine rings is 1. The van der Waals surface area contributed by atoms with Crippen molar-refractivity contribution in [2.24, 2.45) is 0 Å². The highest BCUT2D eigenvalue weighted by molar-refractivity contribution is 6.00. The van der Waals surface area contributed by atoms with Crippen molar-refractivity contribution in [3.05, 3.63) is 82.9 Å². The van der Waals surface area contributed by atoms with E-state index in [4.69, 9.17) is 4.74 Å². The van der Waals surface area contributed by atoms with E-state index in [2.05, 4.69) is 10.1 Å². The van der Waals surface area contributed by atoms with Gasteiger partial charge in [0, 0.05) is 42.9 Å². The number of hydrogen-bond acceptors (Lipinski definition) is 6.